The van der Waals surface area contributed by atoms with Crippen LogP contribution >= 0.6 is 0 Å². The van der Waals surface area contributed by atoms with Gasteiger partial charge in [-0.3, -0.25) is 0 Å². The van der Waals surface area contributed by atoms with Gasteiger partial charge in [0.2, 0.25) is 6.79 Å². The Morgan fingerprint density at radius 1 is 1.43 bits per heavy atom. The van der Waals surface area contributed by atoms with Gasteiger partial charge in [0.05, 0.1) is 5.69 Å². The van der Waals surface area contributed by atoms with Crippen molar-refractivity contribution in [2.45, 2.75) is 25.7 Å². The maximum Gasteiger partial charge on any atom is 0.231 e. The number of carbonyl (C=O) groups excluding carboxylic acids is 1. The number of aromatic amines is 1. The fourth-order valence-corrected chi connectivity index (χ4v) is 1.56. The summed E-state index contributed by atoms with van der Waals surface area (Å²) in [6, 6.07) is 0. The van der Waals surface area contributed by atoms with Crippen molar-refractivity contribution in [1.29, 1.82) is 0 Å². The molecule has 14 heavy (non-hydrogen) atoms. The number of aryl methyl sites for hydroxylation is 1. The highest BCUT2D eigenvalue weighted by molar-refractivity contribution is 5.49. The van der Waals surface area contributed by atoms with E-state index >= 15 is 0 Å². The van der Waals surface area contributed by atoms with Crippen LogP contribution in [0.2, 0.25) is 0 Å². The first-order chi connectivity index (χ1) is 6.92. The maximum atomic E-state index is 10.1. The van der Waals surface area contributed by atoms with E-state index in [-0.39, 0.29) is 0 Å². The maximum absolute atomic E-state index is 10.1. The molecule has 4 heteroatoms. The van der Waals surface area contributed by atoms with Crippen LogP contribution in [0.1, 0.15) is 25.0 Å². The Balaban J connectivity index is 1.87. The Kier molecular flexibility index (Phi) is 2.72. The average molecular weight is 195 g/mol. The van der Waals surface area contributed by atoms with Gasteiger partial charge in [-0.2, -0.15) is 0 Å². The molecule has 2 heterocycles. The van der Waals surface area contributed by atoms with Crippen LogP contribution in [0.4, 0.5) is 0 Å². The molecule has 2 rings (SSSR count). The minimum Gasteiger partial charge on any atom is -0.452 e. The Labute approximate surface area is 82.2 Å². The summed E-state index contributed by atoms with van der Waals surface area (Å²) in [5.74, 6) is 1.64. The van der Waals surface area contributed by atoms with Crippen molar-refractivity contribution in [1.82, 2.24) is 4.98 Å². The van der Waals surface area contributed by atoms with Crippen molar-refractivity contribution < 1.29 is 14.3 Å². The highest BCUT2D eigenvalue weighted by Gasteiger charge is 2.18. The number of hydrogen-bond acceptors (Lipinski definition) is 3. The van der Waals surface area contributed by atoms with Crippen molar-refractivity contribution in [3.05, 3.63) is 11.9 Å². The van der Waals surface area contributed by atoms with Gasteiger partial charge in [0.1, 0.15) is 6.29 Å². The second-order valence-electron chi connectivity index (χ2n) is 3.28. The van der Waals surface area contributed by atoms with Crippen molar-refractivity contribution in [3.8, 4) is 11.5 Å². The van der Waals surface area contributed by atoms with Crippen molar-refractivity contribution >= 4 is 6.29 Å². The van der Waals surface area contributed by atoms with Crippen molar-refractivity contribution in [3.63, 3.8) is 0 Å². The quantitative estimate of drug-likeness (QED) is 0.574. The molecule has 1 aliphatic heterocycles. The predicted molar refractivity (Wildman–Crippen MR) is 50.5 cm³/mol. The third kappa shape index (κ3) is 1.73. The van der Waals surface area contributed by atoms with E-state index in [2.05, 4.69) is 4.98 Å². The number of unbranched alkanes of at least 4 members (excludes halogenated alkanes) is 2. The molecule has 0 aliphatic carbocycles. The number of aromatic nitrogens is 1. The van der Waals surface area contributed by atoms with Crippen LogP contribution in [0.15, 0.2) is 6.20 Å². The molecular weight excluding hydrogens is 182 g/mol. The summed E-state index contributed by atoms with van der Waals surface area (Å²) in [5, 5.41) is 0. The summed E-state index contributed by atoms with van der Waals surface area (Å²) in [5.41, 5.74) is 1.07. The second-order valence-corrected chi connectivity index (χ2v) is 3.28. The summed E-state index contributed by atoms with van der Waals surface area (Å²) < 4.78 is 10.5. The number of fused-ring (bicyclic) bond motifs is 1. The number of aldehydes is 1. The molecule has 1 aliphatic rings. The van der Waals surface area contributed by atoms with E-state index in [1.54, 1.807) is 0 Å². The van der Waals surface area contributed by atoms with Crippen LogP contribution in [0.25, 0.3) is 0 Å². The molecule has 0 atom stereocenters. The minimum atomic E-state index is 0.320. The normalized spacial score (nSPS) is 13.1. The van der Waals surface area contributed by atoms with Crippen molar-refractivity contribution in [2.24, 2.45) is 0 Å². The number of ether oxygens (including phenoxy) is 2. The molecule has 0 spiro atoms. The third-order valence-electron chi connectivity index (χ3n) is 2.29. The van der Waals surface area contributed by atoms with Gasteiger partial charge in [-0.25, -0.2) is 0 Å². The first-order valence-electron chi connectivity index (χ1n) is 4.81. The van der Waals surface area contributed by atoms with Crippen LogP contribution < -0.4 is 9.47 Å². The van der Waals surface area contributed by atoms with Crippen LogP contribution in [0.5, 0.6) is 11.5 Å². The summed E-state index contributed by atoms with van der Waals surface area (Å²) in [7, 11) is 0. The lowest BCUT2D eigenvalue weighted by atomic mass is 10.1. The number of H-pyrrole nitrogens is 1. The van der Waals surface area contributed by atoms with E-state index in [9.17, 15) is 4.79 Å². The zero-order chi connectivity index (χ0) is 9.80. The molecule has 0 fully saturated rings. The largest absolute Gasteiger partial charge is 0.452 e. The van der Waals surface area contributed by atoms with Crippen LogP contribution in [-0.4, -0.2) is 18.1 Å². The topological polar surface area (TPSA) is 51.3 Å². The predicted octanol–water partition coefficient (Wildman–Crippen LogP) is 1.66. The molecule has 76 valence electrons. The van der Waals surface area contributed by atoms with Gasteiger partial charge in [0.15, 0.2) is 11.5 Å². The van der Waals surface area contributed by atoms with E-state index in [0.717, 1.165) is 42.7 Å². The highest BCUT2D eigenvalue weighted by atomic mass is 16.7. The highest BCUT2D eigenvalue weighted by Crippen LogP contribution is 2.35. The summed E-state index contributed by atoms with van der Waals surface area (Å²) >= 11 is 0. The van der Waals surface area contributed by atoms with Crippen LogP contribution in [0.3, 0.4) is 0 Å². The molecule has 0 radical (unpaired) electrons. The Morgan fingerprint density at radius 2 is 2.36 bits per heavy atom. The van der Waals surface area contributed by atoms with Gasteiger partial charge in [-0.05, 0) is 19.3 Å². The molecule has 0 unspecified atom stereocenters. The molecule has 0 aromatic carbocycles. The fraction of sp³-hybridized carbons (Fsp3) is 0.500. The molecule has 0 saturated heterocycles. The lowest BCUT2D eigenvalue weighted by molar-refractivity contribution is -0.107. The number of carbonyl (C=O) groups is 1. The standard InChI is InChI=1S/C10H13NO3/c12-5-3-1-2-4-8-10-9(6-11-8)13-7-14-10/h5-6,11H,1-4,7H2. The van der Waals surface area contributed by atoms with Gasteiger partial charge >= 0.3 is 0 Å². The SMILES string of the molecule is O=CCCCCc1[nH]cc2c1OCO2. The van der Waals surface area contributed by atoms with E-state index in [0.29, 0.717) is 13.2 Å². The first-order valence-corrected chi connectivity index (χ1v) is 4.81. The third-order valence-corrected chi connectivity index (χ3v) is 2.29. The van der Waals surface area contributed by atoms with Gasteiger partial charge in [-0.1, -0.05) is 0 Å². The van der Waals surface area contributed by atoms with Crippen LogP contribution in [0, 0.1) is 0 Å². The van der Waals surface area contributed by atoms with Gasteiger partial charge in [0.25, 0.3) is 0 Å². The zero-order valence-electron chi connectivity index (χ0n) is 7.91. The fourth-order valence-electron chi connectivity index (χ4n) is 1.56. The molecule has 0 amide bonds. The number of rotatable bonds is 5. The molecule has 1 aromatic heterocycles. The number of nitrogens with one attached hydrogen (secondary N) is 1. The number of hydrogen-bond donors (Lipinski definition) is 1. The van der Waals surface area contributed by atoms with E-state index < -0.39 is 0 Å². The van der Waals surface area contributed by atoms with Gasteiger partial charge in [-0.15, -0.1) is 0 Å². The van der Waals surface area contributed by atoms with E-state index in [4.69, 9.17) is 9.47 Å². The van der Waals surface area contributed by atoms with Gasteiger partial charge in [0, 0.05) is 12.6 Å². The minimum absolute atomic E-state index is 0.320. The van der Waals surface area contributed by atoms with E-state index in [1.807, 2.05) is 6.20 Å². The second kappa shape index (κ2) is 4.17. The lowest BCUT2D eigenvalue weighted by Crippen LogP contribution is -1.97. The van der Waals surface area contributed by atoms with Crippen LogP contribution in [-0.2, 0) is 11.2 Å². The molecule has 4 nitrogen and oxygen atoms in total. The molecule has 0 bridgehead atoms. The smallest absolute Gasteiger partial charge is 0.231 e. The summed E-state index contributed by atoms with van der Waals surface area (Å²) in [4.78, 5) is 13.2. The molecular formula is C10H13NO3. The summed E-state index contributed by atoms with van der Waals surface area (Å²) in [6.45, 7) is 0.320. The monoisotopic (exact) mass is 195 g/mol. The summed E-state index contributed by atoms with van der Waals surface area (Å²) in [6.07, 6.45) is 6.25. The molecule has 0 saturated carbocycles. The zero-order valence-corrected chi connectivity index (χ0v) is 7.91. The molecule has 1 aromatic rings. The van der Waals surface area contributed by atoms with Crippen molar-refractivity contribution in [2.75, 3.05) is 6.79 Å². The Bertz CT molecular complexity index is 319. The van der Waals surface area contributed by atoms with Gasteiger partial charge < -0.3 is 19.3 Å². The lowest BCUT2D eigenvalue weighted by Gasteiger charge is -1.99. The Morgan fingerprint density at radius 3 is 3.21 bits per heavy atom. The first kappa shape index (κ1) is 9.12. The Hall–Kier alpha value is -1.45. The molecule has 1 N–H and O–H groups in total. The average Bonchev–Trinajstić information content (AvgIpc) is 2.75. The van der Waals surface area contributed by atoms with E-state index in [1.165, 1.54) is 0 Å².